The van der Waals surface area contributed by atoms with Crippen molar-refractivity contribution in [3.05, 3.63) is 35.4 Å². The van der Waals surface area contributed by atoms with Gasteiger partial charge in [0, 0.05) is 13.1 Å². The maximum absolute atomic E-state index is 11.4. The molecule has 1 unspecified atom stereocenters. The molecule has 0 bridgehead atoms. The van der Waals surface area contributed by atoms with Crippen LogP contribution >= 0.6 is 24.0 Å². The monoisotopic (exact) mass is 419 g/mol. The summed E-state index contributed by atoms with van der Waals surface area (Å²) < 4.78 is 4.71. The molecular weight excluding hydrogens is 393 g/mol. The number of esters is 1. The molecule has 6 heteroatoms. The highest BCUT2D eigenvalue weighted by molar-refractivity contribution is 14.0. The quantitative estimate of drug-likeness (QED) is 0.322. The first-order chi connectivity index (χ1) is 10.1. The number of benzene rings is 1. The van der Waals surface area contributed by atoms with Crippen molar-refractivity contribution < 1.29 is 9.53 Å². The van der Waals surface area contributed by atoms with Crippen LogP contribution < -0.4 is 10.6 Å². The van der Waals surface area contributed by atoms with Crippen molar-refractivity contribution in [2.75, 3.05) is 20.2 Å². The summed E-state index contributed by atoms with van der Waals surface area (Å²) >= 11 is 0. The summed E-state index contributed by atoms with van der Waals surface area (Å²) in [6.07, 6.45) is 0. The highest BCUT2D eigenvalue weighted by atomic mass is 127. The SMILES string of the molecule is CCNC(=NCc1ccccc1C)NCC(C)C(=O)OC.I. The van der Waals surface area contributed by atoms with Gasteiger partial charge in [-0.05, 0) is 25.0 Å². The molecule has 1 aromatic rings. The second kappa shape index (κ2) is 11.3. The minimum atomic E-state index is -0.225. The van der Waals surface area contributed by atoms with E-state index >= 15 is 0 Å². The molecule has 2 N–H and O–H groups in total. The Labute approximate surface area is 149 Å². The normalized spacial score (nSPS) is 12.1. The maximum atomic E-state index is 11.4. The Hall–Kier alpha value is -1.31. The minimum absolute atomic E-state index is 0. The van der Waals surface area contributed by atoms with Crippen molar-refractivity contribution in [2.24, 2.45) is 10.9 Å². The van der Waals surface area contributed by atoms with E-state index in [1.54, 1.807) is 0 Å². The van der Waals surface area contributed by atoms with Crippen molar-refractivity contribution in [3.63, 3.8) is 0 Å². The standard InChI is InChI=1S/C16H25N3O2.HI/c1-5-17-16(18-10-13(3)15(20)21-4)19-11-14-9-7-6-8-12(14)2;/h6-9,13H,5,10-11H2,1-4H3,(H2,17,18,19);1H. The number of hydrogen-bond donors (Lipinski definition) is 2. The molecule has 0 fully saturated rings. The largest absolute Gasteiger partial charge is 0.469 e. The number of halogens is 1. The highest BCUT2D eigenvalue weighted by Gasteiger charge is 2.13. The number of nitrogens with one attached hydrogen (secondary N) is 2. The second-order valence-corrected chi connectivity index (χ2v) is 4.93. The number of aliphatic imine (C=N–C) groups is 1. The molecule has 5 nitrogen and oxygen atoms in total. The van der Waals surface area contributed by atoms with Crippen molar-refractivity contribution in [2.45, 2.75) is 27.3 Å². The number of carbonyl (C=O) groups excluding carboxylic acids is 1. The van der Waals surface area contributed by atoms with Gasteiger partial charge < -0.3 is 15.4 Å². The van der Waals surface area contributed by atoms with Crippen LogP contribution in [0.25, 0.3) is 0 Å². The first kappa shape index (κ1) is 20.7. The van der Waals surface area contributed by atoms with Crippen molar-refractivity contribution in [1.82, 2.24) is 10.6 Å². The van der Waals surface area contributed by atoms with E-state index in [0.717, 1.165) is 6.54 Å². The Morgan fingerprint density at radius 2 is 2.00 bits per heavy atom. The van der Waals surface area contributed by atoms with Crippen LogP contribution in [0.2, 0.25) is 0 Å². The number of hydrogen-bond acceptors (Lipinski definition) is 3. The molecule has 0 saturated carbocycles. The molecule has 0 spiro atoms. The van der Waals surface area contributed by atoms with Gasteiger partial charge in [-0.2, -0.15) is 0 Å². The van der Waals surface area contributed by atoms with Crippen LogP contribution in [0.3, 0.4) is 0 Å². The van der Waals surface area contributed by atoms with Crippen LogP contribution in [-0.2, 0) is 16.1 Å². The Balaban J connectivity index is 0.00000441. The van der Waals surface area contributed by atoms with Crippen molar-refractivity contribution in [3.8, 4) is 0 Å². The number of ether oxygens (including phenoxy) is 1. The molecule has 0 aliphatic carbocycles. The smallest absolute Gasteiger partial charge is 0.310 e. The minimum Gasteiger partial charge on any atom is -0.469 e. The molecule has 1 atom stereocenters. The summed E-state index contributed by atoms with van der Waals surface area (Å²) in [5.74, 6) is 0.270. The highest BCUT2D eigenvalue weighted by Crippen LogP contribution is 2.07. The molecule has 0 aliphatic heterocycles. The van der Waals surface area contributed by atoms with E-state index < -0.39 is 0 Å². The third-order valence-corrected chi connectivity index (χ3v) is 3.19. The van der Waals surface area contributed by atoms with E-state index in [0.29, 0.717) is 19.0 Å². The van der Waals surface area contributed by atoms with Crippen LogP contribution in [0.5, 0.6) is 0 Å². The van der Waals surface area contributed by atoms with Crippen LogP contribution in [0, 0.1) is 12.8 Å². The van der Waals surface area contributed by atoms with E-state index in [4.69, 9.17) is 4.74 Å². The van der Waals surface area contributed by atoms with E-state index in [1.807, 2.05) is 26.0 Å². The number of nitrogens with zero attached hydrogens (tertiary/aromatic N) is 1. The average Bonchev–Trinajstić information content (AvgIpc) is 2.50. The van der Waals surface area contributed by atoms with E-state index in [1.165, 1.54) is 18.2 Å². The number of rotatable bonds is 6. The van der Waals surface area contributed by atoms with Crippen LogP contribution in [-0.4, -0.2) is 32.1 Å². The van der Waals surface area contributed by atoms with Gasteiger partial charge in [-0.25, -0.2) is 4.99 Å². The molecule has 0 radical (unpaired) electrons. The van der Waals surface area contributed by atoms with Gasteiger partial charge in [0.25, 0.3) is 0 Å². The molecule has 0 saturated heterocycles. The lowest BCUT2D eigenvalue weighted by Gasteiger charge is -2.14. The van der Waals surface area contributed by atoms with Gasteiger partial charge in [0.1, 0.15) is 0 Å². The Morgan fingerprint density at radius 1 is 1.32 bits per heavy atom. The van der Waals surface area contributed by atoms with Crippen LogP contribution in [0.1, 0.15) is 25.0 Å². The van der Waals surface area contributed by atoms with Crippen molar-refractivity contribution >= 4 is 35.9 Å². The zero-order valence-electron chi connectivity index (χ0n) is 13.7. The number of aryl methyl sites for hydroxylation is 1. The first-order valence-electron chi connectivity index (χ1n) is 7.23. The summed E-state index contributed by atoms with van der Waals surface area (Å²) in [5, 5.41) is 6.33. The molecule has 1 aromatic carbocycles. The second-order valence-electron chi connectivity index (χ2n) is 4.93. The number of guanidine groups is 1. The van der Waals surface area contributed by atoms with E-state index in [2.05, 4.69) is 34.7 Å². The molecular formula is C16H26IN3O2. The average molecular weight is 419 g/mol. The number of methoxy groups -OCH3 is 1. The fraction of sp³-hybridized carbons (Fsp3) is 0.500. The summed E-state index contributed by atoms with van der Waals surface area (Å²) in [5.41, 5.74) is 2.41. The van der Waals surface area contributed by atoms with E-state index in [9.17, 15) is 4.79 Å². The van der Waals surface area contributed by atoms with Crippen LogP contribution in [0.4, 0.5) is 0 Å². The first-order valence-corrected chi connectivity index (χ1v) is 7.23. The molecule has 124 valence electrons. The molecule has 0 heterocycles. The Bertz CT molecular complexity index is 492. The lowest BCUT2D eigenvalue weighted by Crippen LogP contribution is -2.40. The van der Waals surface area contributed by atoms with Crippen molar-refractivity contribution in [1.29, 1.82) is 0 Å². The molecule has 0 aliphatic rings. The lowest BCUT2D eigenvalue weighted by molar-refractivity contribution is -0.144. The van der Waals surface area contributed by atoms with Crippen LogP contribution in [0.15, 0.2) is 29.3 Å². The molecule has 22 heavy (non-hydrogen) atoms. The molecule has 0 amide bonds. The van der Waals surface area contributed by atoms with Gasteiger partial charge in [0.05, 0.1) is 19.6 Å². The zero-order valence-corrected chi connectivity index (χ0v) is 16.0. The maximum Gasteiger partial charge on any atom is 0.310 e. The van der Waals surface area contributed by atoms with Gasteiger partial charge in [0.15, 0.2) is 5.96 Å². The fourth-order valence-electron chi connectivity index (χ4n) is 1.83. The van der Waals surface area contributed by atoms with Gasteiger partial charge in [-0.15, -0.1) is 24.0 Å². The summed E-state index contributed by atoms with van der Waals surface area (Å²) in [6.45, 7) is 7.77. The van der Waals surface area contributed by atoms with Gasteiger partial charge >= 0.3 is 5.97 Å². The predicted octanol–water partition coefficient (Wildman–Crippen LogP) is 2.48. The molecule has 1 rings (SSSR count). The fourth-order valence-corrected chi connectivity index (χ4v) is 1.83. The van der Waals surface area contributed by atoms with Gasteiger partial charge in [-0.3, -0.25) is 4.79 Å². The van der Waals surface area contributed by atoms with Gasteiger partial charge in [0.2, 0.25) is 0 Å². The lowest BCUT2D eigenvalue weighted by atomic mass is 10.1. The summed E-state index contributed by atoms with van der Waals surface area (Å²) in [6, 6.07) is 8.17. The molecule has 0 aromatic heterocycles. The number of carbonyl (C=O) groups is 1. The summed E-state index contributed by atoms with van der Waals surface area (Å²) in [4.78, 5) is 15.9. The predicted molar refractivity (Wildman–Crippen MR) is 101 cm³/mol. The summed E-state index contributed by atoms with van der Waals surface area (Å²) in [7, 11) is 1.40. The topological polar surface area (TPSA) is 62.7 Å². The third-order valence-electron chi connectivity index (χ3n) is 3.19. The zero-order chi connectivity index (χ0) is 15.7. The Kier molecular flexibility index (Phi) is 10.6. The Morgan fingerprint density at radius 3 is 2.59 bits per heavy atom. The van der Waals surface area contributed by atoms with E-state index in [-0.39, 0.29) is 35.9 Å². The van der Waals surface area contributed by atoms with Gasteiger partial charge in [-0.1, -0.05) is 31.2 Å². The third kappa shape index (κ3) is 7.11.